The largest absolute Gasteiger partial charge is 0.465 e. The fraction of sp³-hybridized carbons (Fsp3) is 0.714. The van der Waals surface area contributed by atoms with Crippen LogP contribution in [-0.2, 0) is 16.6 Å². The van der Waals surface area contributed by atoms with E-state index in [1.54, 1.807) is 11.8 Å². The molecule has 0 spiro atoms. The molecule has 1 rings (SSSR count). The van der Waals surface area contributed by atoms with Crippen LogP contribution >= 0.6 is 11.8 Å². The van der Waals surface area contributed by atoms with Crippen molar-refractivity contribution in [2.24, 2.45) is 7.05 Å². The molecule has 6 heteroatoms. The summed E-state index contributed by atoms with van der Waals surface area (Å²) in [6.45, 7) is 10.1. The van der Waals surface area contributed by atoms with Crippen molar-refractivity contribution in [3.63, 3.8) is 0 Å². The Kier molecular flexibility index (Phi) is 6.07. The first-order valence-corrected chi connectivity index (χ1v) is 7.85. The van der Waals surface area contributed by atoms with Crippen LogP contribution < -0.4 is 5.32 Å². The molecule has 0 fully saturated rings. The smallest absolute Gasteiger partial charge is 0.326 e. The lowest BCUT2D eigenvalue weighted by Gasteiger charge is -2.30. The molecule has 0 aromatic carbocycles. The van der Waals surface area contributed by atoms with Crippen molar-refractivity contribution in [1.29, 1.82) is 0 Å². The van der Waals surface area contributed by atoms with Gasteiger partial charge in [0.1, 0.15) is 5.54 Å². The van der Waals surface area contributed by atoms with E-state index in [2.05, 4.69) is 10.4 Å². The summed E-state index contributed by atoms with van der Waals surface area (Å²) in [6, 6.07) is 2.23. The van der Waals surface area contributed by atoms with Crippen LogP contribution in [0, 0.1) is 6.92 Å². The zero-order valence-electron chi connectivity index (χ0n) is 13.2. The molecule has 1 aromatic rings. The molecule has 1 aromatic heterocycles. The quantitative estimate of drug-likeness (QED) is 0.617. The fourth-order valence-corrected chi connectivity index (χ4v) is 3.15. The molecule has 1 N–H and O–H groups in total. The second kappa shape index (κ2) is 7.13. The number of thioether (sulfide) groups is 1. The van der Waals surface area contributed by atoms with Gasteiger partial charge in [0, 0.05) is 18.8 Å². The zero-order chi connectivity index (χ0) is 15.3. The van der Waals surface area contributed by atoms with E-state index >= 15 is 0 Å². The van der Waals surface area contributed by atoms with Crippen LogP contribution in [0.3, 0.4) is 0 Å². The topological polar surface area (TPSA) is 56.1 Å². The molecular weight excluding hydrogens is 274 g/mol. The molecule has 0 bridgehead atoms. The number of aryl methyl sites for hydroxylation is 2. The SMILES string of the molecule is CCOC(=O)C(C)(CSc1cc(C)nn1C)NC(C)C. The van der Waals surface area contributed by atoms with Gasteiger partial charge in [0.05, 0.1) is 17.3 Å². The average Bonchev–Trinajstić information content (AvgIpc) is 2.65. The molecule has 1 unspecified atom stereocenters. The zero-order valence-corrected chi connectivity index (χ0v) is 14.0. The van der Waals surface area contributed by atoms with Gasteiger partial charge in [-0.05, 0) is 40.7 Å². The van der Waals surface area contributed by atoms with E-state index in [0.717, 1.165) is 10.7 Å². The lowest BCUT2D eigenvalue weighted by Crippen LogP contribution is -2.55. The molecule has 0 saturated heterocycles. The van der Waals surface area contributed by atoms with Gasteiger partial charge < -0.3 is 4.74 Å². The summed E-state index contributed by atoms with van der Waals surface area (Å²) in [5.41, 5.74) is 0.275. The normalized spacial score (nSPS) is 14.3. The highest BCUT2D eigenvalue weighted by atomic mass is 32.2. The molecule has 1 atom stereocenters. The number of ether oxygens (including phenoxy) is 1. The first-order chi connectivity index (χ1) is 9.28. The molecule has 20 heavy (non-hydrogen) atoms. The Morgan fingerprint density at radius 3 is 2.70 bits per heavy atom. The van der Waals surface area contributed by atoms with Crippen molar-refractivity contribution >= 4 is 17.7 Å². The summed E-state index contributed by atoms with van der Waals surface area (Å²) in [4.78, 5) is 12.2. The Balaban J connectivity index is 2.79. The minimum absolute atomic E-state index is 0.207. The van der Waals surface area contributed by atoms with Gasteiger partial charge >= 0.3 is 5.97 Å². The molecule has 0 saturated carbocycles. The van der Waals surface area contributed by atoms with E-state index in [1.807, 2.05) is 52.4 Å². The van der Waals surface area contributed by atoms with E-state index in [4.69, 9.17) is 4.74 Å². The maximum atomic E-state index is 12.2. The number of hydrogen-bond donors (Lipinski definition) is 1. The van der Waals surface area contributed by atoms with Gasteiger partial charge in [-0.3, -0.25) is 14.8 Å². The number of esters is 1. The predicted octanol–water partition coefficient (Wildman–Crippen LogP) is 2.14. The van der Waals surface area contributed by atoms with Crippen molar-refractivity contribution in [2.45, 2.75) is 51.2 Å². The number of rotatable bonds is 7. The third kappa shape index (κ3) is 4.52. The van der Waals surface area contributed by atoms with E-state index in [-0.39, 0.29) is 12.0 Å². The van der Waals surface area contributed by atoms with Crippen molar-refractivity contribution in [1.82, 2.24) is 15.1 Å². The Hall–Kier alpha value is -1.01. The number of nitrogens with one attached hydrogen (secondary N) is 1. The van der Waals surface area contributed by atoms with E-state index in [9.17, 15) is 4.79 Å². The summed E-state index contributed by atoms with van der Waals surface area (Å²) in [6.07, 6.45) is 0. The van der Waals surface area contributed by atoms with E-state index in [0.29, 0.717) is 12.4 Å². The summed E-state index contributed by atoms with van der Waals surface area (Å²) < 4.78 is 7.03. The van der Waals surface area contributed by atoms with Gasteiger partial charge in [-0.2, -0.15) is 5.10 Å². The summed E-state index contributed by atoms with van der Waals surface area (Å²) in [5.74, 6) is 0.392. The molecule has 0 aliphatic rings. The molecule has 5 nitrogen and oxygen atoms in total. The molecule has 0 aliphatic carbocycles. The average molecular weight is 299 g/mol. The third-order valence-corrected chi connectivity index (χ3v) is 4.20. The van der Waals surface area contributed by atoms with Crippen molar-refractivity contribution < 1.29 is 9.53 Å². The molecule has 0 radical (unpaired) electrons. The molecule has 0 aliphatic heterocycles. The minimum Gasteiger partial charge on any atom is -0.465 e. The van der Waals surface area contributed by atoms with Gasteiger partial charge in [-0.15, -0.1) is 11.8 Å². The van der Waals surface area contributed by atoms with Crippen LogP contribution in [0.1, 0.15) is 33.4 Å². The summed E-state index contributed by atoms with van der Waals surface area (Å²) >= 11 is 1.61. The molecule has 0 amide bonds. The second-order valence-electron chi connectivity index (χ2n) is 5.39. The number of aromatic nitrogens is 2. The van der Waals surface area contributed by atoms with Gasteiger partial charge in [0.15, 0.2) is 0 Å². The minimum atomic E-state index is -0.701. The maximum absolute atomic E-state index is 12.2. The monoisotopic (exact) mass is 299 g/mol. The standard InChI is InChI=1S/C14H25N3O2S/c1-7-19-13(18)14(5,15-10(2)3)9-20-12-8-11(4)16-17(12)6/h8,10,15H,7,9H2,1-6H3. The van der Waals surface area contributed by atoms with Crippen molar-refractivity contribution in [3.05, 3.63) is 11.8 Å². The first-order valence-electron chi connectivity index (χ1n) is 6.87. The second-order valence-corrected chi connectivity index (χ2v) is 6.38. The van der Waals surface area contributed by atoms with Gasteiger partial charge in [0.2, 0.25) is 0 Å². The summed E-state index contributed by atoms with van der Waals surface area (Å²) in [7, 11) is 1.91. The third-order valence-electron chi connectivity index (χ3n) is 2.80. The highest BCUT2D eigenvalue weighted by molar-refractivity contribution is 7.99. The van der Waals surface area contributed by atoms with E-state index < -0.39 is 5.54 Å². The first kappa shape index (κ1) is 17.0. The van der Waals surface area contributed by atoms with Crippen molar-refractivity contribution in [2.75, 3.05) is 12.4 Å². The predicted molar refractivity (Wildman–Crippen MR) is 82.0 cm³/mol. The van der Waals surface area contributed by atoms with Crippen LogP contribution in [0.25, 0.3) is 0 Å². The molecular formula is C14H25N3O2S. The maximum Gasteiger partial charge on any atom is 0.326 e. The van der Waals surface area contributed by atoms with Crippen LogP contribution in [0.15, 0.2) is 11.1 Å². The summed E-state index contributed by atoms with van der Waals surface area (Å²) in [5, 5.41) is 8.67. The number of hydrogen-bond acceptors (Lipinski definition) is 5. The van der Waals surface area contributed by atoms with Gasteiger partial charge in [0.25, 0.3) is 0 Å². The van der Waals surface area contributed by atoms with Crippen LogP contribution in [0.5, 0.6) is 0 Å². The molecule has 114 valence electrons. The lowest BCUT2D eigenvalue weighted by atomic mass is 10.0. The van der Waals surface area contributed by atoms with Crippen LogP contribution in [-0.4, -0.2) is 39.7 Å². The van der Waals surface area contributed by atoms with Crippen LogP contribution in [0.4, 0.5) is 0 Å². The van der Waals surface area contributed by atoms with Gasteiger partial charge in [-0.1, -0.05) is 0 Å². The number of nitrogens with zero attached hydrogens (tertiary/aromatic N) is 2. The highest BCUT2D eigenvalue weighted by Crippen LogP contribution is 2.24. The van der Waals surface area contributed by atoms with E-state index in [1.165, 1.54) is 0 Å². The van der Waals surface area contributed by atoms with Crippen molar-refractivity contribution in [3.8, 4) is 0 Å². The fourth-order valence-electron chi connectivity index (χ4n) is 2.03. The molecule has 1 heterocycles. The number of carbonyl (C=O) groups excluding carboxylic acids is 1. The lowest BCUT2D eigenvalue weighted by molar-refractivity contribution is -0.149. The highest BCUT2D eigenvalue weighted by Gasteiger charge is 2.35. The Labute approximate surface area is 125 Å². The Morgan fingerprint density at radius 1 is 1.60 bits per heavy atom. The van der Waals surface area contributed by atoms with Gasteiger partial charge in [-0.25, -0.2) is 0 Å². The Bertz CT molecular complexity index is 459. The number of carbonyl (C=O) groups is 1. The van der Waals surface area contributed by atoms with Crippen LogP contribution in [0.2, 0.25) is 0 Å². The Morgan fingerprint density at radius 2 is 2.25 bits per heavy atom.